The summed E-state index contributed by atoms with van der Waals surface area (Å²) in [4.78, 5) is 19.5. The fraction of sp³-hybridized carbons (Fsp3) is 0.579. The van der Waals surface area contributed by atoms with E-state index in [1.54, 1.807) is 7.11 Å². The summed E-state index contributed by atoms with van der Waals surface area (Å²) in [5.41, 5.74) is 2.45. The Kier molecular flexibility index (Phi) is 4.25. The van der Waals surface area contributed by atoms with Gasteiger partial charge in [-0.3, -0.25) is 4.79 Å². The van der Waals surface area contributed by atoms with E-state index in [1.807, 2.05) is 40.6 Å². The monoisotopic (exact) mass is 343 g/mol. The Morgan fingerprint density at radius 1 is 1.48 bits per heavy atom. The summed E-state index contributed by atoms with van der Waals surface area (Å²) in [5.74, 6) is 0.137. The van der Waals surface area contributed by atoms with Crippen LogP contribution in [0.5, 0.6) is 0 Å². The van der Waals surface area contributed by atoms with Gasteiger partial charge >= 0.3 is 0 Å². The molecule has 2 aliphatic heterocycles. The van der Waals surface area contributed by atoms with Crippen LogP contribution in [0, 0.1) is 6.92 Å². The molecule has 2 aromatic heterocycles. The van der Waals surface area contributed by atoms with Crippen molar-refractivity contribution >= 4 is 11.6 Å². The Hall–Kier alpha value is -1.92. The van der Waals surface area contributed by atoms with E-state index in [9.17, 15) is 4.79 Å². The molecule has 25 heavy (non-hydrogen) atoms. The Bertz CT molecular complexity index is 779. The number of fused-ring (bicyclic) bond motifs is 1. The third-order valence-electron chi connectivity index (χ3n) is 5.63. The Labute approximate surface area is 147 Å². The Morgan fingerprint density at radius 2 is 2.36 bits per heavy atom. The number of carbonyl (C=O) groups excluding carboxylic acids is 1. The summed E-state index contributed by atoms with van der Waals surface area (Å²) in [7, 11) is 1.74. The van der Waals surface area contributed by atoms with Gasteiger partial charge in [0.25, 0.3) is 0 Å². The second kappa shape index (κ2) is 6.42. The first-order chi connectivity index (χ1) is 12.1. The van der Waals surface area contributed by atoms with Gasteiger partial charge in [0, 0.05) is 26.5 Å². The van der Waals surface area contributed by atoms with Crippen molar-refractivity contribution in [2.45, 2.75) is 44.3 Å². The molecule has 4 rings (SSSR count). The lowest BCUT2D eigenvalue weighted by Gasteiger charge is -2.44. The molecular weight excluding hydrogens is 318 g/mol. The SMILES string of the molecule is CO[C@H]1CCN(C(=O)Cc2c(C)nc3ccccn23)C[C@@]12CCCO2. The molecule has 2 aromatic rings. The second-order valence-electron chi connectivity index (χ2n) is 7.09. The number of aryl methyl sites for hydroxylation is 1. The van der Waals surface area contributed by atoms with E-state index in [4.69, 9.17) is 9.47 Å². The molecule has 0 N–H and O–H groups in total. The van der Waals surface area contributed by atoms with Crippen molar-refractivity contribution in [3.8, 4) is 0 Å². The summed E-state index contributed by atoms with van der Waals surface area (Å²) in [6.45, 7) is 4.07. The number of hydrogen-bond donors (Lipinski definition) is 0. The average molecular weight is 343 g/mol. The first-order valence-corrected chi connectivity index (χ1v) is 9.00. The number of nitrogens with zero attached hydrogens (tertiary/aromatic N) is 3. The summed E-state index contributed by atoms with van der Waals surface area (Å²) < 4.78 is 13.7. The van der Waals surface area contributed by atoms with Crippen LogP contribution >= 0.6 is 0 Å². The van der Waals surface area contributed by atoms with Gasteiger partial charge in [0.2, 0.25) is 5.91 Å². The molecule has 0 aliphatic carbocycles. The van der Waals surface area contributed by atoms with Crippen LogP contribution in [0.4, 0.5) is 0 Å². The van der Waals surface area contributed by atoms with Crippen molar-refractivity contribution in [3.63, 3.8) is 0 Å². The minimum atomic E-state index is -0.322. The maximum absolute atomic E-state index is 13.0. The van der Waals surface area contributed by atoms with Crippen LogP contribution in [0.25, 0.3) is 5.65 Å². The third kappa shape index (κ3) is 2.83. The van der Waals surface area contributed by atoms with Crippen molar-refractivity contribution in [1.82, 2.24) is 14.3 Å². The highest BCUT2D eigenvalue weighted by atomic mass is 16.6. The average Bonchev–Trinajstić information content (AvgIpc) is 3.20. The zero-order chi connectivity index (χ0) is 17.4. The van der Waals surface area contributed by atoms with Crippen molar-refractivity contribution in [1.29, 1.82) is 0 Å². The molecule has 0 radical (unpaired) electrons. The lowest BCUT2D eigenvalue weighted by Crippen LogP contribution is -2.58. The molecule has 0 aromatic carbocycles. The standard InChI is InChI=1S/C19H25N3O3/c1-14-15(22-9-4-3-6-17(22)20-14)12-18(23)21-10-7-16(24-2)19(13-21)8-5-11-25-19/h3-4,6,9,16H,5,7-8,10-13H2,1-2H3/t16-,19-/m0/s1. The number of carbonyl (C=O) groups is 1. The van der Waals surface area contributed by atoms with Crippen LogP contribution in [0.3, 0.4) is 0 Å². The van der Waals surface area contributed by atoms with Crippen molar-refractivity contribution in [2.24, 2.45) is 0 Å². The number of ether oxygens (including phenoxy) is 2. The van der Waals surface area contributed by atoms with Gasteiger partial charge in [-0.05, 0) is 38.3 Å². The smallest absolute Gasteiger partial charge is 0.228 e. The lowest BCUT2D eigenvalue weighted by molar-refractivity contribution is -0.160. The normalized spacial score (nSPS) is 26.6. The number of imidazole rings is 1. The number of likely N-dealkylation sites (tertiary alicyclic amines) is 1. The summed E-state index contributed by atoms with van der Waals surface area (Å²) in [6.07, 6.45) is 5.24. The highest BCUT2D eigenvalue weighted by Crippen LogP contribution is 2.36. The molecule has 2 aliphatic rings. The maximum Gasteiger partial charge on any atom is 0.228 e. The zero-order valence-electron chi connectivity index (χ0n) is 14.9. The molecule has 1 amide bonds. The van der Waals surface area contributed by atoms with Crippen molar-refractivity contribution in [2.75, 3.05) is 26.8 Å². The molecule has 6 heteroatoms. The highest BCUT2D eigenvalue weighted by Gasteiger charge is 2.48. The highest BCUT2D eigenvalue weighted by molar-refractivity contribution is 5.79. The van der Waals surface area contributed by atoms with Crippen LogP contribution in [-0.4, -0.2) is 58.7 Å². The molecule has 2 saturated heterocycles. The number of methoxy groups -OCH3 is 1. The van der Waals surface area contributed by atoms with E-state index in [2.05, 4.69) is 4.98 Å². The van der Waals surface area contributed by atoms with E-state index in [1.165, 1.54) is 0 Å². The topological polar surface area (TPSA) is 56.1 Å². The second-order valence-corrected chi connectivity index (χ2v) is 7.09. The number of pyridine rings is 1. The first-order valence-electron chi connectivity index (χ1n) is 9.00. The number of rotatable bonds is 3. The van der Waals surface area contributed by atoms with E-state index in [-0.39, 0.29) is 17.6 Å². The van der Waals surface area contributed by atoms with Gasteiger partial charge in [0.05, 0.1) is 30.5 Å². The zero-order valence-corrected chi connectivity index (χ0v) is 14.9. The van der Waals surface area contributed by atoms with Crippen LogP contribution < -0.4 is 0 Å². The fourth-order valence-corrected chi connectivity index (χ4v) is 4.32. The summed E-state index contributed by atoms with van der Waals surface area (Å²) in [5, 5.41) is 0. The predicted molar refractivity (Wildman–Crippen MR) is 93.5 cm³/mol. The van der Waals surface area contributed by atoms with Gasteiger partial charge in [-0.1, -0.05) is 6.07 Å². The first kappa shape index (κ1) is 16.5. The molecule has 1 spiro atoms. The van der Waals surface area contributed by atoms with Gasteiger partial charge in [-0.25, -0.2) is 4.98 Å². The molecule has 134 valence electrons. The van der Waals surface area contributed by atoms with Crippen LogP contribution in [-0.2, 0) is 20.7 Å². The lowest BCUT2D eigenvalue weighted by atomic mass is 9.86. The third-order valence-corrected chi connectivity index (χ3v) is 5.63. The quantitative estimate of drug-likeness (QED) is 0.855. The summed E-state index contributed by atoms with van der Waals surface area (Å²) >= 11 is 0. The maximum atomic E-state index is 13.0. The molecule has 4 heterocycles. The predicted octanol–water partition coefficient (Wildman–Crippen LogP) is 1.98. The van der Waals surface area contributed by atoms with Gasteiger partial charge < -0.3 is 18.8 Å². The molecule has 6 nitrogen and oxygen atoms in total. The number of piperidine rings is 1. The Balaban J connectivity index is 1.54. The van der Waals surface area contributed by atoms with Crippen LogP contribution in [0.2, 0.25) is 0 Å². The largest absolute Gasteiger partial charge is 0.378 e. The van der Waals surface area contributed by atoms with Gasteiger partial charge in [-0.15, -0.1) is 0 Å². The number of aromatic nitrogens is 2. The summed E-state index contributed by atoms with van der Waals surface area (Å²) in [6, 6.07) is 5.89. The number of hydrogen-bond acceptors (Lipinski definition) is 4. The van der Waals surface area contributed by atoms with Gasteiger partial charge in [0.1, 0.15) is 11.2 Å². The molecule has 2 fully saturated rings. The minimum absolute atomic E-state index is 0.0802. The van der Waals surface area contributed by atoms with E-state index in [0.717, 1.165) is 49.4 Å². The van der Waals surface area contributed by atoms with E-state index in [0.29, 0.717) is 13.0 Å². The van der Waals surface area contributed by atoms with E-state index < -0.39 is 0 Å². The van der Waals surface area contributed by atoms with Gasteiger partial charge in [-0.2, -0.15) is 0 Å². The minimum Gasteiger partial charge on any atom is -0.378 e. The molecule has 2 atom stereocenters. The molecule has 0 bridgehead atoms. The molecular formula is C19H25N3O3. The van der Waals surface area contributed by atoms with Crippen LogP contribution in [0.15, 0.2) is 24.4 Å². The van der Waals surface area contributed by atoms with E-state index >= 15 is 0 Å². The molecule has 0 unspecified atom stereocenters. The number of amides is 1. The van der Waals surface area contributed by atoms with Crippen molar-refractivity contribution < 1.29 is 14.3 Å². The fourth-order valence-electron chi connectivity index (χ4n) is 4.32. The van der Waals surface area contributed by atoms with Crippen LogP contribution in [0.1, 0.15) is 30.7 Å². The van der Waals surface area contributed by atoms with Gasteiger partial charge in [0.15, 0.2) is 0 Å². The Morgan fingerprint density at radius 3 is 3.12 bits per heavy atom. The molecule has 0 saturated carbocycles. The van der Waals surface area contributed by atoms with Crippen molar-refractivity contribution in [3.05, 3.63) is 35.8 Å².